The van der Waals surface area contributed by atoms with Crippen molar-refractivity contribution in [2.24, 2.45) is 0 Å². The van der Waals surface area contributed by atoms with Crippen LogP contribution in [0.2, 0.25) is 0 Å². The fraction of sp³-hybridized carbons (Fsp3) is 0.250. The highest BCUT2D eigenvalue weighted by molar-refractivity contribution is 7.16. The van der Waals surface area contributed by atoms with E-state index in [2.05, 4.69) is 22.2 Å². The second-order valence-corrected chi connectivity index (χ2v) is 4.84. The van der Waals surface area contributed by atoms with Crippen molar-refractivity contribution in [2.45, 2.75) is 13.3 Å². The number of aryl methyl sites for hydroxylation is 1. The molecule has 1 aromatic carbocycles. The van der Waals surface area contributed by atoms with E-state index in [-0.39, 0.29) is 0 Å². The minimum Gasteiger partial charge on any atom is -0.497 e. The van der Waals surface area contributed by atoms with E-state index in [4.69, 9.17) is 4.74 Å². The van der Waals surface area contributed by atoms with Gasteiger partial charge >= 0.3 is 0 Å². The van der Waals surface area contributed by atoms with Crippen molar-refractivity contribution >= 4 is 16.3 Å². The molecular formula is C12H12N4OS. The van der Waals surface area contributed by atoms with Gasteiger partial charge in [0.25, 0.3) is 0 Å². The molecule has 0 unspecified atom stereocenters. The zero-order valence-electron chi connectivity index (χ0n) is 10.1. The Kier molecular flexibility index (Phi) is 2.71. The molecule has 0 radical (unpaired) electrons. The van der Waals surface area contributed by atoms with Gasteiger partial charge in [-0.2, -0.15) is 9.61 Å². The zero-order chi connectivity index (χ0) is 12.5. The first-order chi connectivity index (χ1) is 8.81. The van der Waals surface area contributed by atoms with Crippen LogP contribution in [-0.2, 0) is 6.42 Å². The Balaban J connectivity index is 2.09. The summed E-state index contributed by atoms with van der Waals surface area (Å²) >= 11 is 1.57. The van der Waals surface area contributed by atoms with Crippen LogP contribution in [0.1, 0.15) is 11.9 Å². The van der Waals surface area contributed by atoms with Gasteiger partial charge in [0.05, 0.1) is 7.11 Å². The summed E-state index contributed by atoms with van der Waals surface area (Å²) in [7, 11) is 1.65. The SMILES string of the molecule is CCc1nn2c(-c3ccc(OC)cc3)nnc2s1. The molecule has 6 heteroatoms. The minimum atomic E-state index is 0.767. The lowest BCUT2D eigenvalue weighted by molar-refractivity contribution is 0.415. The van der Waals surface area contributed by atoms with E-state index in [1.165, 1.54) is 0 Å². The first-order valence-corrected chi connectivity index (χ1v) is 6.49. The molecule has 5 nitrogen and oxygen atoms in total. The van der Waals surface area contributed by atoms with E-state index in [9.17, 15) is 0 Å². The van der Waals surface area contributed by atoms with E-state index in [1.54, 1.807) is 23.0 Å². The van der Waals surface area contributed by atoms with Crippen molar-refractivity contribution in [3.05, 3.63) is 29.3 Å². The molecule has 2 aromatic heterocycles. The highest BCUT2D eigenvalue weighted by Gasteiger charge is 2.12. The van der Waals surface area contributed by atoms with Gasteiger partial charge in [0.15, 0.2) is 5.82 Å². The molecular weight excluding hydrogens is 248 g/mol. The molecule has 3 rings (SSSR count). The average Bonchev–Trinajstić information content (AvgIpc) is 2.98. The summed E-state index contributed by atoms with van der Waals surface area (Å²) in [6, 6.07) is 7.73. The second-order valence-electron chi connectivity index (χ2n) is 3.80. The molecule has 3 aromatic rings. The summed E-state index contributed by atoms with van der Waals surface area (Å²) in [5.41, 5.74) is 0.983. The average molecular weight is 260 g/mol. The van der Waals surface area contributed by atoms with E-state index >= 15 is 0 Å². The van der Waals surface area contributed by atoms with Crippen LogP contribution >= 0.6 is 11.3 Å². The molecule has 0 spiro atoms. The molecule has 92 valence electrons. The number of benzene rings is 1. The van der Waals surface area contributed by atoms with Gasteiger partial charge < -0.3 is 4.74 Å². The van der Waals surface area contributed by atoms with Gasteiger partial charge in [-0.3, -0.25) is 0 Å². The third kappa shape index (κ3) is 1.74. The van der Waals surface area contributed by atoms with Crippen LogP contribution in [0.5, 0.6) is 5.75 Å². The lowest BCUT2D eigenvalue weighted by atomic mass is 10.2. The molecule has 0 amide bonds. The van der Waals surface area contributed by atoms with Crippen molar-refractivity contribution in [3.63, 3.8) is 0 Å². The predicted octanol–water partition coefficient (Wildman–Crippen LogP) is 2.42. The number of methoxy groups -OCH3 is 1. The van der Waals surface area contributed by atoms with Gasteiger partial charge in [-0.25, -0.2) is 0 Å². The molecule has 0 saturated heterocycles. The van der Waals surface area contributed by atoms with Gasteiger partial charge in [0.2, 0.25) is 4.96 Å². The number of ether oxygens (including phenoxy) is 1. The van der Waals surface area contributed by atoms with Crippen molar-refractivity contribution < 1.29 is 4.74 Å². The summed E-state index contributed by atoms with van der Waals surface area (Å²) in [6.45, 7) is 2.08. The number of hydrogen-bond acceptors (Lipinski definition) is 5. The Labute approximate surface area is 108 Å². The monoisotopic (exact) mass is 260 g/mol. The van der Waals surface area contributed by atoms with Crippen molar-refractivity contribution in [2.75, 3.05) is 7.11 Å². The summed E-state index contributed by atoms with van der Waals surface area (Å²) in [5, 5.41) is 13.9. The highest BCUT2D eigenvalue weighted by atomic mass is 32.1. The lowest BCUT2D eigenvalue weighted by Crippen LogP contribution is -1.92. The maximum Gasteiger partial charge on any atom is 0.234 e. The van der Waals surface area contributed by atoms with Crippen LogP contribution in [0.15, 0.2) is 24.3 Å². The Morgan fingerprint density at radius 2 is 2.00 bits per heavy atom. The molecule has 0 fully saturated rings. The molecule has 0 N–H and O–H groups in total. The van der Waals surface area contributed by atoms with Crippen molar-refractivity contribution in [1.29, 1.82) is 0 Å². The largest absolute Gasteiger partial charge is 0.497 e. The van der Waals surface area contributed by atoms with Gasteiger partial charge in [-0.05, 0) is 30.7 Å². The van der Waals surface area contributed by atoms with Crippen molar-refractivity contribution in [3.8, 4) is 17.1 Å². The topological polar surface area (TPSA) is 52.3 Å². The third-order valence-electron chi connectivity index (χ3n) is 2.68. The molecule has 0 aliphatic carbocycles. The number of nitrogens with zero attached hydrogens (tertiary/aromatic N) is 4. The highest BCUT2D eigenvalue weighted by Crippen LogP contribution is 2.23. The van der Waals surface area contributed by atoms with E-state index in [1.807, 2.05) is 24.3 Å². The van der Waals surface area contributed by atoms with E-state index in [0.717, 1.165) is 33.5 Å². The quantitative estimate of drug-likeness (QED) is 0.725. The van der Waals surface area contributed by atoms with Gasteiger partial charge in [0.1, 0.15) is 10.8 Å². The first kappa shape index (κ1) is 11.2. The van der Waals surface area contributed by atoms with Crippen LogP contribution in [0.3, 0.4) is 0 Å². The second kappa shape index (κ2) is 4.38. The van der Waals surface area contributed by atoms with E-state index in [0.29, 0.717) is 0 Å². The maximum absolute atomic E-state index is 5.14. The number of hydrogen-bond donors (Lipinski definition) is 0. The fourth-order valence-corrected chi connectivity index (χ4v) is 2.49. The Morgan fingerprint density at radius 1 is 1.22 bits per heavy atom. The number of aromatic nitrogens is 4. The van der Waals surface area contributed by atoms with Crippen LogP contribution in [0.4, 0.5) is 0 Å². The number of rotatable bonds is 3. The van der Waals surface area contributed by atoms with Gasteiger partial charge in [0, 0.05) is 5.56 Å². The molecule has 0 aliphatic heterocycles. The first-order valence-electron chi connectivity index (χ1n) is 5.67. The Hall–Kier alpha value is -1.95. The third-order valence-corrected chi connectivity index (χ3v) is 3.73. The van der Waals surface area contributed by atoms with Crippen LogP contribution < -0.4 is 4.74 Å². The minimum absolute atomic E-state index is 0.767. The molecule has 0 atom stereocenters. The van der Waals surface area contributed by atoms with Crippen LogP contribution in [0, 0.1) is 0 Å². The fourth-order valence-electron chi connectivity index (χ4n) is 1.72. The summed E-state index contributed by atoms with van der Waals surface area (Å²) < 4.78 is 6.94. The number of fused-ring (bicyclic) bond motifs is 1. The smallest absolute Gasteiger partial charge is 0.234 e. The summed E-state index contributed by atoms with van der Waals surface area (Å²) in [6.07, 6.45) is 0.913. The van der Waals surface area contributed by atoms with Gasteiger partial charge in [-0.15, -0.1) is 10.2 Å². The van der Waals surface area contributed by atoms with Crippen LogP contribution in [0.25, 0.3) is 16.3 Å². The zero-order valence-corrected chi connectivity index (χ0v) is 10.9. The Bertz CT molecular complexity index is 671. The Morgan fingerprint density at radius 3 is 2.67 bits per heavy atom. The molecule has 18 heavy (non-hydrogen) atoms. The summed E-state index contributed by atoms with van der Waals surface area (Å²) in [4.78, 5) is 0.831. The molecule has 0 bridgehead atoms. The molecule has 0 aliphatic rings. The maximum atomic E-state index is 5.14. The normalized spacial score (nSPS) is 11.0. The predicted molar refractivity (Wildman–Crippen MR) is 70.0 cm³/mol. The van der Waals surface area contributed by atoms with Crippen molar-refractivity contribution in [1.82, 2.24) is 19.8 Å². The molecule has 2 heterocycles. The van der Waals surface area contributed by atoms with E-state index < -0.39 is 0 Å². The lowest BCUT2D eigenvalue weighted by Gasteiger charge is -2.00. The van der Waals surface area contributed by atoms with Gasteiger partial charge in [-0.1, -0.05) is 18.3 Å². The summed E-state index contributed by atoms with van der Waals surface area (Å²) in [5.74, 6) is 1.59. The standard InChI is InChI=1S/C12H12N4OS/c1-3-10-15-16-11(13-14-12(16)18-10)8-4-6-9(17-2)7-5-8/h4-7H,3H2,1-2H3. The van der Waals surface area contributed by atoms with Crippen LogP contribution in [-0.4, -0.2) is 26.9 Å². The molecule has 0 saturated carbocycles.